The maximum atomic E-state index is 12.4. The van der Waals surface area contributed by atoms with E-state index in [1.165, 1.54) is 31.2 Å². The number of carbonyl (C=O) groups excluding carboxylic acids is 1. The predicted octanol–water partition coefficient (Wildman–Crippen LogP) is 3.60. The summed E-state index contributed by atoms with van der Waals surface area (Å²) in [6.45, 7) is 6.85. The Kier molecular flexibility index (Phi) is 12.3. The third-order valence-electron chi connectivity index (χ3n) is 5.93. The minimum atomic E-state index is 0. The fraction of sp³-hybridized carbons (Fsp3) is 0.667. The standard InChI is InChI=1S/C24H38N4O2.HI/c1-2-25-24(26-14-8-16-30-22-11-6-7-12-22)27-18-21-17-23(29)28(19-21)15-13-20-9-4-3-5-10-20;/h3-5,9-10,21-22H,2,6-8,11-19H2,1H3,(H2,25,26,27);1H. The predicted molar refractivity (Wildman–Crippen MR) is 137 cm³/mol. The van der Waals surface area contributed by atoms with Crippen LogP contribution >= 0.6 is 24.0 Å². The number of amides is 1. The van der Waals surface area contributed by atoms with Gasteiger partial charge in [-0.3, -0.25) is 9.79 Å². The highest BCUT2D eigenvalue weighted by atomic mass is 127. The molecule has 1 heterocycles. The van der Waals surface area contributed by atoms with E-state index < -0.39 is 0 Å². The van der Waals surface area contributed by atoms with Crippen molar-refractivity contribution in [2.24, 2.45) is 10.9 Å². The highest BCUT2D eigenvalue weighted by Gasteiger charge is 2.29. The summed E-state index contributed by atoms with van der Waals surface area (Å²) in [7, 11) is 0. The number of halogens is 1. The molecule has 2 N–H and O–H groups in total. The summed E-state index contributed by atoms with van der Waals surface area (Å²) in [5.41, 5.74) is 1.28. The van der Waals surface area contributed by atoms with Crippen LogP contribution in [0.2, 0.25) is 0 Å². The summed E-state index contributed by atoms with van der Waals surface area (Å²) < 4.78 is 5.92. The molecule has 1 atom stereocenters. The number of rotatable bonds is 11. The lowest BCUT2D eigenvalue weighted by Crippen LogP contribution is -2.38. The molecule has 2 aliphatic rings. The minimum Gasteiger partial charge on any atom is -0.378 e. The average Bonchev–Trinajstić information content (AvgIpc) is 3.40. The molecule has 6 nitrogen and oxygen atoms in total. The second-order valence-electron chi connectivity index (χ2n) is 8.42. The Labute approximate surface area is 204 Å². The van der Waals surface area contributed by atoms with Gasteiger partial charge < -0.3 is 20.3 Å². The molecule has 0 bridgehead atoms. The van der Waals surface area contributed by atoms with Gasteiger partial charge in [0.15, 0.2) is 5.96 Å². The lowest BCUT2D eigenvalue weighted by molar-refractivity contribution is -0.127. The molecule has 0 radical (unpaired) electrons. The quantitative estimate of drug-likeness (QED) is 0.194. The first-order valence-electron chi connectivity index (χ1n) is 11.7. The smallest absolute Gasteiger partial charge is 0.223 e. The largest absolute Gasteiger partial charge is 0.378 e. The third kappa shape index (κ3) is 9.35. The van der Waals surface area contributed by atoms with Crippen LogP contribution in [-0.2, 0) is 16.0 Å². The molecule has 1 unspecified atom stereocenters. The number of nitrogens with one attached hydrogen (secondary N) is 2. The number of likely N-dealkylation sites (tertiary alicyclic amines) is 1. The van der Waals surface area contributed by atoms with Crippen LogP contribution in [0.3, 0.4) is 0 Å². The first-order valence-corrected chi connectivity index (χ1v) is 11.7. The summed E-state index contributed by atoms with van der Waals surface area (Å²) in [5.74, 6) is 1.40. The van der Waals surface area contributed by atoms with E-state index in [0.717, 1.165) is 51.6 Å². The minimum absolute atomic E-state index is 0. The first-order chi connectivity index (χ1) is 14.7. The van der Waals surface area contributed by atoms with Gasteiger partial charge in [0.1, 0.15) is 0 Å². The Morgan fingerprint density at radius 1 is 1.19 bits per heavy atom. The summed E-state index contributed by atoms with van der Waals surface area (Å²) in [4.78, 5) is 19.1. The molecule has 1 aliphatic carbocycles. The van der Waals surface area contributed by atoms with Crippen molar-refractivity contribution >= 4 is 35.8 Å². The number of ether oxygens (including phenoxy) is 1. The van der Waals surface area contributed by atoms with Gasteiger partial charge in [-0.2, -0.15) is 0 Å². The van der Waals surface area contributed by atoms with E-state index in [9.17, 15) is 4.79 Å². The Morgan fingerprint density at radius 3 is 2.71 bits per heavy atom. The van der Waals surface area contributed by atoms with Gasteiger partial charge in [0, 0.05) is 51.7 Å². The number of nitrogens with zero attached hydrogens (tertiary/aromatic N) is 2. The van der Waals surface area contributed by atoms with Gasteiger partial charge in [-0.1, -0.05) is 43.2 Å². The number of benzene rings is 1. The van der Waals surface area contributed by atoms with Crippen LogP contribution in [0.5, 0.6) is 0 Å². The van der Waals surface area contributed by atoms with Crippen LogP contribution in [0, 0.1) is 5.92 Å². The van der Waals surface area contributed by atoms with Crippen LogP contribution in [0.4, 0.5) is 0 Å². The first kappa shape index (κ1) is 25.9. The maximum absolute atomic E-state index is 12.4. The average molecular weight is 543 g/mol. The molecule has 1 aromatic carbocycles. The molecule has 174 valence electrons. The highest BCUT2D eigenvalue weighted by molar-refractivity contribution is 14.0. The van der Waals surface area contributed by atoms with Gasteiger partial charge in [0.05, 0.1) is 6.10 Å². The van der Waals surface area contributed by atoms with E-state index in [1.54, 1.807) is 0 Å². The van der Waals surface area contributed by atoms with Crippen molar-refractivity contribution in [1.29, 1.82) is 0 Å². The maximum Gasteiger partial charge on any atom is 0.223 e. The molecule has 31 heavy (non-hydrogen) atoms. The van der Waals surface area contributed by atoms with Crippen molar-refractivity contribution in [1.82, 2.24) is 15.5 Å². The van der Waals surface area contributed by atoms with E-state index in [1.807, 2.05) is 11.0 Å². The third-order valence-corrected chi connectivity index (χ3v) is 5.93. The Morgan fingerprint density at radius 2 is 1.97 bits per heavy atom. The van der Waals surface area contributed by atoms with Gasteiger partial charge in [0.25, 0.3) is 0 Å². The number of carbonyl (C=O) groups is 1. The molecular weight excluding hydrogens is 503 g/mol. The van der Waals surface area contributed by atoms with Gasteiger partial charge >= 0.3 is 0 Å². The van der Waals surface area contributed by atoms with Gasteiger partial charge in [0.2, 0.25) is 5.91 Å². The Hall–Kier alpha value is -1.35. The number of guanidine groups is 1. The second kappa shape index (κ2) is 14.7. The van der Waals surface area contributed by atoms with Gasteiger partial charge in [-0.25, -0.2) is 0 Å². The van der Waals surface area contributed by atoms with Crippen LogP contribution in [0.25, 0.3) is 0 Å². The zero-order valence-electron chi connectivity index (χ0n) is 18.9. The van der Waals surface area contributed by atoms with Crippen molar-refractivity contribution in [3.8, 4) is 0 Å². The van der Waals surface area contributed by atoms with Crippen LogP contribution in [0.1, 0.15) is 51.0 Å². The fourth-order valence-corrected chi connectivity index (χ4v) is 4.25. The second-order valence-corrected chi connectivity index (χ2v) is 8.42. The van der Waals surface area contributed by atoms with Crippen molar-refractivity contribution < 1.29 is 9.53 Å². The van der Waals surface area contributed by atoms with E-state index in [-0.39, 0.29) is 29.9 Å². The van der Waals surface area contributed by atoms with E-state index in [2.05, 4.69) is 41.8 Å². The monoisotopic (exact) mass is 542 g/mol. The summed E-state index contributed by atoms with van der Waals surface area (Å²) >= 11 is 0. The molecule has 1 saturated heterocycles. The van der Waals surface area contributed by atoms with E-state index >= 15 is 0 Å². The van der Waals surface area contributed by atoms with Crippen molar-refractivity contribution in [3.63, 3.8) is 0 Å². The lowest BCUT2D eigenvalue weighted by Gasteiger charge is -2.17. The molecule has 0 aromatic heterocycles. The molecule has 1 amide bonds. The lowest BCUT2D eigenvalue weighted by atomic mass is 10.1. The van der Waals surface area contributed by atoms with Crippen molar-refractivity contribution in [2.45, 2.75) is 58.0 Å². The zero-order chi connectivity index (χ0) is 21.0. The normalized spacial score (nSPS) is 19.5. The van der Waals surface area contributed by atoms with Crippen molar-refractivity contribution in [3.05, 3.63) is 35.9 Å². The topological polar surface area (TPSA) is 66.0 Å². The van der Waals surface area contributed by atoms with Crippen LogP contribution in [0.15, 0.2) is 35.3 Å². The number of aliphatic imine (C=N–C) groups is 1. The molecule has 3 rings (SSSR count). The SMILES string of the molecule is CCNC(=NCC1CC(=O)N(CCc2ccccc2)C1)NCCCOC1CCCC1.I. The van der Waals surface area contributed by atoms with Crippen LogP contribution in [-0.4, -0.2) is 62.2 Å². The van der Waals surface area contributed by atoms with Gasteiger partial charge in [-0.05, 0) is 38.2 Å². The van der Waals surface area contributed by atoms with Crippen LogP contribution < -0.4 is 10.6 Å². The number of hydrogen-bond acceptors (Lipinski definition) is 3. The molecule has 1 saturated carbocycles. The van der Waals surface area contributed by atoms with E-state index in [0.29, 0.717) is 25.0 Å². The molecule has 1 aromatic rings. The summed E-state index contributed by atoms with van der Waals surface area (Å²) in [5, 5.41) is 6.71. The highest BCUT2D eigenvalue weighted by Crippen LogP contribution is 2.21. The zero-order valence-corrected chi connectivity index (χ0v) is 21.2. The molecular formula is C24H39IN4O2. The summed E-state index contributed by atoms with van der Waals surface area (Å²) in [6.07, 6.45) is 8.05. The Balaban J connectivity index is 0.00000341. The fourth-order valence-electron chi connectivity index (χ4n) is 4.25. The Bertz CT molecular complexity index is 665. The molecule has 7 heteroatoms. The molecule has 0 spiro atoms. The summed E-state index contributed by atoms with van der Waals surface area (Å²) in [6, 6.07) is 10.4. The molecule has 2 fully saturated rings. The van der Waals surface area contributed by atoms with E-state index in [4.69, 9.17) is 9.73 Å². The van der Waals surface area contributed by atoms with Crippen molar-refractivity contribution in [2.75, 3.05) is 39.3 Å². The number of hydrogen-bond donors (Lipinski definition) is 2. The van der Waals surface area contributed by atoms with Gasteiger partial charge in [-0.15, -0.1) is 24.0 Å². The molecule has 1 aliphatic heterocycles.